The summed E-state index contributed by atoms with van der Waals surface area (Å²) < 4.78 is 1.25. The van der Waals surface area contributed by atoms with Crippen molar-refractivity contribution < 1.29 is 0 Å². The average molecular weight is 298 g/mol. The van der Waals surface area contributed by atoms with Crippen LogP contribution in [-0.2, 0) is 0 Å². The highest BCUT2D eigenvalue weighted by molar-refractivity contribution is 14.1. The molecule has 3 heteroatoms. The topological polar surface area (TPSA) is 26.0 Å². The number of nitrogens with two attached hydrogens (primary N) is 1. The molecule has 1 aromatic carbocycles. The van der Waals surface area contributed by atoms with E-state index >= 15 is 0 Å². The van der Waals surface area contributed by atoms with Gasteiger partial charge in [0.1, 0.15) is 0 Å². The van der Waals surface area contributed by atoms with Crippen LogP contribution in [-0.4, -0.2) is 0 Å². The van der Waals surface area contributed by atoms with Crippen LogP contribution < -0.4 is 5.73 Å². The molecule has 0 unspecified atom stereocenters. The Bertz CT molecular complexity index is 240. The Morgan fingerprint density at radius 3 is 2.67 bits per heavy atom. The first-order valence-corrected chi connectivity index (χ1v) is 4.83. The largest absolute Gasteiger partial charge is 0.324 e. The molecular weight excluding hydrogens is 284 g/mol. The number of hydrogen-bond donors (Lipinski definition) is 1. The summed E-state index contributed by atoms with van der Waals surface area (Å²) in [6.07, 6.45) is 1.00. The van der Waals surface area contributed by atoms with Crippen LogP contribution in [0.5, 0.6) is 0 Å². The van der Waals surface area contributed by atoms with Gasteiger partial charge in [-0.25, -0.2) is 0 Å². The van der Waals surface area contributed by atoms with Crippen LogP contribution in [0.25, 0.3) is 0 Å². The molecule has 0 bridgehead atoms. The van der Waals surface area contributed by atoms with Crippen molar-refractivity contribution in [3.63, 3.8) is 0 Å². The zero-order chi connectivity index (χ0) is 8.27. The summed E-state index contributed by atoms with van der Waals surface area (Å²) in [6.45, 7) is 2.10. The Balaban J connectivity index is 0.00000121. The summed E-state index contributed by atoms with van der Waals surface area (Å²) in [5.41, 5.74) is 7.10. The van der Waals surface area contributed by atoms with E-state index in [1.807, 2.05) is 6.07 Å². The molecule has 1 aromatic rings. The van der Waals surface area contributed by atoms with E-state index in [0.29, 0.717) is 0 Å². The number of hydrogen-bond acceptors (Lipinski definition) is 1. The molecule has 0 aliphatic heterocycles. The smallest absolute Gasteiger partial charge is 0.0292 e. The quantitative estimate of drug-likeness (QED) is 0.834. The molecular formula is C9H13ClIN. The molecule has 68 valence electrons. The first kappa shape index (κ1) is 12.2. The van der Waals surface area contributed by atoms with Gasteiger partial charge in [0.05, 0.1) is 0 Å². The van der Waals surface area contributed by atoms with E-state index in [0.717, 1.165) is 6.42 Å². The highest BCUT2D eigenvalue weighted by Crippen LogP contribution is 2.15. The van der Waals surface area contributed by atoms with E-state index in [9.17, 15) is 0 Å². The molecule has 0 aromatic heterocycles. The average Bonchev–Trinajstić information content (AvgIpc) is 2.03. The summed E-state index contributed by atoms with van der Waals surface area (Å²) in [5.74, 6) is 0. The molecule has 1 rings (SSSR count). The monoisotopic (exact) mass is 297 g/mol. The molecule has 0 radical (unpaired) electrons. The van der Waals surface area contributed by atoms with Gasteiger partial charge in [0.25, 0.3) is 0 Å². The number of halogens is 2. The molecule has 12 heavy (non-hydrogen) atoms. The Labute approximate surface area is 93.3 Å². The van der Waals surface area contributed by atoms with E-state index in [1.165, 1.54) is 9.13 Å². The molecule has 2 N–H and O–H groups in total. The third kappa shape index (κ3) is 3.29. The summed E-state index contributed by atoms with van der Waals surface area (Å²) in [5, 5.41) is 0. The summed E-state index contributed by atoms with van der Waals surface area (Å²) >= 11 is 2.30. The van der Waals surface area contributed by atoms with Gasteiger partial charge in [-0.1, -0.05) is 19.1 Å². The Kier molecular flexibility index (Phi) is 5.88. The van der Waals surface area contributed by atoms with Crippen LogP contribution in [0, 0.1) is 3.57 Å². The van der Waals surface area contributed by atoms with Crippen molar-refractivity contribution in [2.75, 3.05) is 0 Å². The van der Waals surface area contributed by atoms with E-state index < -0.39 is 0 Å². The predicted molar refractivity (Wildman–Crippen MR) is 63.6 cm³/mol. The van der Waals surface area contributed by atoms with Gasteiger partial charge in [0.15, 0.2) is 0 Å². The summed E-state index contributed by atoms with van der Waals surface area (Å²) in [4.78, 5) is 0. The Morgan fingerprint density at radius 1 is 1.50 bits per heavy atom. The molecule has 1 atom stereocenters. The number of rotatable bonds is 2. The van der Waals surface area contributed by atoms with Gasteiger partial charge in [-0.05, 0) is 46.7 Å². The van der Waals surface area contributed by atoms with Crippen LogP contribution in [0.15, 0.2) is 24.3 Å². The van der Waals surface area contributed by atoms with Crippen molar-refractivity contribution in [1.29, 1.82) is 0 Å². The van der Waals surface area contributed by atoms with Crippen molar-refractivity contribution >= 4 is 35.0 Å². The van der Waals surface area contributed by atoms with Crippen molar-refractivity contribution in [2.24, 2.45) is 5.73 Å². The fourth-order valence-electron chi connectivity index (χ4n) is 0.973. The lowest BCUT2D eigenvalue weighted by Crippen LogP contribution is -2.08. The van der Waals surface area contributed by atoms with Crippen LogP contribution in [0.1, 0.15) is 24.9 Å². The van der Waals surface area contributed by atoms with E-state index in [2.05, 4.69) is 47.7 Å². The summed E-state index contributed by atoms with van der Waals surface area (Å²) in [6, 6.07) is 8.54. The molecule has 0 saturated carbocycles. The third-order valence-corrected chi connectivity index (χ3v) is 2.39. The van der Waals surface area contributed by atoms with Crippen molar-refractivity contribution in [3.05, 3.63) is 33.4 Å². The standard InChI is InChI=1S/C9H12IN.ClH/c1-2-9(11)7-4-3-5-8(10)6-7;/h3-6,9H,2,11H2,1H3;1H/t9-;/m0./s1. The van der Waals surface area contributed by atoms with Gasteiger partial charge >= 0.3 is 0 Å². The van der Waals surface area contributed by atoms with Gasteiger partial charge < -0.3 is 5.73 Å². The maximum absolute atomic E-state index is 5.86. The van der Waals surface area contributed by atoms with Crippen LogP contribution in [0.3, 0.4) is 0 Å². The number of benzene rings is 1. The molecule has 0 spiro atoms. The highest BCUT2D eigenvalue weighted by Gasteiger charge is 2.01. The van der Waals surface area contributed by atoms with Gasteiger partial charge in [-0.15, -0.1) is 12.4 Å². The van der Waals surface area contributed by atoms with E-state index in [-0.39, 0.29) is 18.4 Å². The second-order valence-corrected chi connectivity index (χ2v) is 3.82. The summed E-state index contributed by atoms with van der Waals surface area (Å²) in [7, 11) is 0. The zero-order valence-electron chi connectivity index (χ0n) is 6.96. The third-order valence-electron chi connectivity index (χ3n) is 1.72. The van der Waals surface area contributed by atoms with Gasteiger partial charge in [-0.3, -0.25) is 0 Å². The lowest BCUT2D eigenvalue weighted by molar-refractivity contribution is 0.698. The van der Waals surface area contributed by atoms with Gasteiger partial charge in [0.2, 0.25) is 0 Å². The molecule has 0 amide bonds. The lowest BCUT2D eigenvalue weighted by Gasteiger charge is -2.08. The highest BCUT2D eigenvalue weighted by atomic mass is 127. The van der Waals surface area contributed by atoms with Crippen LogP contribution >= 0.6 is 35.0 Å². The maximum atomic E-state index is 5.86. The Morgan fingerprint density at radius 2 is 2.17 bits per heavy atom. The van der Waals surface area contributed by atoms with Crippen LogP contribution in [0.4, 0.5) is 0 Å². The fraction of sp³-hybridized carbons (Fsp3) is 0.333. The lowest BCUT2D eigenvalue weighted by atomic mass is 10.1. The second kappa shape index (κ2) is 5.78. The van der Waals surface area contributed by atoms with E-state index in [1.54, 1.807) is 0 Å². The minimum atomic E-state index is 0. The molecule has 0 aliphatic carbocycles. The first-order chi connectivity index (χ1) is 5.24. The van der Waals surface area contributed by atoms with Crippen LogP contribution in [0.2, 0.25) is 0 Å². The normalized spacial score (nSPS) is 11.9. The molecule has 0 heterocycles. The van der Waals surface area contributed by atoms with Crippen molar-refractivity contribution in [1.82, 2.24) is 0 Å². The Hall–Kier alpha value is 0.200. The van der Waals surface area contributed by atoms with Crippen molar-refractivity contribution in [2.45, 2.75) is 19.4 Å². The molecule has 0 fully saturated rings. The minimum absolute atomic E-state index is 0. The molecule has 0 aliphatic rings. The van der Waals surface area contributed by atoms with Crippen molar-refractivity contribution in [3.8, 4) is 0 Å². The molecule has 1 nitrogen and oxygen atoms in total. The maximum Gasteiger partial charge on any atom is 0.0292 e. The minimum Gasteiger partial charge on any atom is -0.324 e. The first-order valence-electron chi connectivity index (χ1n) is 3.75. The predicted octanol–water partition coefficient (Wildman–Crippen LogP) is 3.12. The zero-order valence-corrected chi connectivity index (χ0v) is 9.93. The van der Waals surface area contributed by atoms with E-state index in [4.69, 9.17) is 5.73 Å². The van der Waals surface area contributed by atoms with Gasteiger partial charge in [-0.2, -0.15) is 0 Å². The fourth-order valence-corrected chi connectivity index (χ4v) is 1.54. The SMILES string of the molecule is CC[C@H](N)c1cccc(I)c1.Cl. The molecule has 0 saturated heterocycles. The van der Waals surface area contributed by atoms with Gasteiger partial charge in [0, 0.05) is 9.61 Å². The second-order valence-electron chi connectivity index (χ2n) is 2.57.